The molecule has 0 saturated heterocycles. The molecule has 2 N–H and O–H groups in total. The van der Waals surface area contributed by atoms with Gasteiger partial charge in [-0.1, -0.05) is 13.8 Å². The highest BCUT2D eigenvalue weighted by atomic mass is 35.5. The molecular formula is C14H20ClNO3. The average Bonchev–Trinajstić information content (AvgIpc) is 2.44. The molecule has 106 valence electrons. The van der Waals surface area contributed by atoms with Crippen LogP contribution in [-0.4, -0.2) is 29.5 Å². The summed E-state index contributed by atoms with van der Waals surface area (Å²) in [4.78, 5) is 12.2. The second-order valence-corrected chi connectivity index (χ2v) is 4.73. The van der Waals surface area contributed by atoms with Gasteiger partial charge in [0.05, 0.1) is 18.2 Å². The average molecular weight is 286 g/mol. The van der Waals surface area contributed by atoms with Crippen LogP contribution in [0.15, 0.2) is 18.2 Å². The number of alkyl halides is 1. The number of phenolic OH excluding ortho intramolecular Hbond substituents is 1. The van der Waals surface area contributed by atoms with Gasteiger partial charge in [-0.25, -0.2) is 0 Å². The van der Waals surface area contributed by atoms with Crippen LogP contribution in [0.25, 0.3) is 0 Å². The second kappa shape index (κ2) is 6.66. The molecule has 0 atom stereocenters. The van der Waals surface area contributed by atoms with Crippen molar-refractivity contribution >= 4 is 17.5 Å². The molecule has 0 spiro atoms. The summed E-state index contributed by atoms with van der Waals surface area (Å²) in [7, 11) is 1.50. The summed E-state index contributed by atoms with van der Waals surface area (Å²) in [5.74, 6) is 0.406. The van der Waals surface area contributed by atoms with Crippen molar-refractivity contribution < 1.29 is 14.6 Å². The number of rotatable bonds is 6. The number of ether oxygens (including phenoxy) is 1. The molecule has 4 nitrogen and oxygen atoms in total. The minimum Gasteiger partial charge on any atom is -0.507 e. The molecule has 0 aliphatic rings. The monoisotopic (exact) mass is 285 g/mol. The number of carbonyl (C=O) groups is 1. The molecule has 19 heavy (non-hydrogen) atoms. The molecule has 0 fully saturated rings. The van der Waals surface area contributed by atoms with Gasteiger partial charge in [0.1, 0.15) is 11.5 Å². The summed E-state index contributed by atoms with van der Waals surface area (Å²) in [6.07, 6.45) is 1.46. The summed E-state index contributed by atoms with van der Waals surface area (Å²) in [6.45, 7) is 3.94. The van der Waals surface area contributed by atoms with Crippen molar-refractivity contribution in [3.63, 3.8) is 0 Å². The summed E-state index contributed by atoms with van der Waals surface area (Å²) < 4.78 is 4.98. The Kier molecular flexibility index (Phi) is 5.48. The zero-order chi connectivity index (χ0) is 14.5. The third kappa shape index (κ3) is 3.53. The summed E-state index contributed by atoms with van der Waals surface area (Å²) in [5, 5.41) is 12.7. The van der Waals surface area contributed by atoms with Gasteiger partial charge in [0.15, 0.2) is 0 Å². The smallest absolute Gasteiger partial charge is 0.255 e. The maximum atomic E-state index is 12.2. The molecule has 0 radical (unpaired) electrons. The standard InChI is InChI=1S/C14H20ClNO3/c1-4-14(5-2,9-15)16-13(18)11-7-6-10(19-3)8-12(11)17/h6-8,17H,4-5,9H2,1-3H3,(H,16,18). The Morgan fingerprint density at radius 2 is 2.05 bits per heavy atom. The Balaban J connectivity index is 2.95. The number of amides is 1. The number of hydrogen-bond acceptors (Lipinski definition) is 3. The molecule has 1 amide bonds. The number of benzene rings is 1. The molecule has 5 heteroatoms. The number of halogens is 1. The molecular weight excluding hydrogens is 266 g/mol. The summed E-state index contributed by atoms with van der Waals surface area (Å²) in [6, 6.07) is 4.58. The molecule has 0 aliphatic heterocycles. The van der Waals surface area contributed by atoms with Crippen LogP contribution in [-0.2, 0) is 0 Å². The minimum atomic E-state index is -0.439. The predicted molar refractivity (Wildman–Crippen MR) is 76.2 cm³/mol. The zero-order valence-corrected chi connectivity index (χ0v) is 12.3. The van der Waals surface area contributed by atoms with E-state index in [0.29, 0.717) is 11.6 Å². The highest BCUT2D eigenvalue weighted by Crippen LogP contribution is 2.25. The number of methoxy groups -OCH3 is 1. The van der Waals surface area contributed by atoms with E-state index in [1.165, 1.54) is 19.2 Å². The van der Waals surface area contributed by atoms with Gasteiger partial charge in [0.2, 0.25) is 0 Å². The van der Waals surface area contributed by atoms with Crippen LogP contribution in [0.4, 0.5) is 0 Å². The van der Waals surface area contributed by atoms with E-state index in [2.05, 4.69) is 5.32 Å². The van der Waals surface area contributed by atoms with Crippen LogP contribution < -0.4 is 10.1 Å². The SMILES string of the molecule is CCC(CC)(CCl)NC(=O)c1ccc(OC)cc1O. The fourth-order valence-electron chi connectivity index (χ4n) is 1.79. The Bertz CT molecular complexity index is 436. The van der Waals surface area contributed by atoms with Gasteiger partial charge in [-0.05, 0) is 25.0 Å². The van der Waals surface area contributed by atoms with E-state index in [4.69, 9.17) is 16.3 Å². The Morgan fingerprint density at radius 3 is 2.47 bits per heavy atom. The van der Waals surface area contributed by atoms with Crippen LogP contribution in [0.5, 0.6) is 11.5 Å². The molecule has 0 heterocycles. The van der Waals surface area contributed by atoms with E-state index in [-0.39, 0.29) is 17.2 Å². The first-order valence-corrected chi connectivity index (χ1v) is 6.80. The summed E-state index contributed by atoms with van der Waals surface area (Å²) in [5.41, 5.74) is -0.220. The number of phenols is 1. The second-order valence-electron chi connectivity index (χ2n) is 4.46. The fraction of sp³-hybridized carbons (Fsp3) is 0.500. The van der Waals surface area contributed by atoms with Gasteiger partial charge in [0.25, 0.3) is 5.91 Å². The van der Waals surface area contributed by atoms with E-state index >= 15 is 0 Å². The molecule has 1 aromatic carbocycles. The van der Waals surface area contributed by atoms with Crippen LogP contribution in [0.3, 0.4) is 0 Å². The van der Waals surface area contributed by atoms with Gasteiger partial charge in [-0.15, -0.1) is 11.6 Å². The van der Waals surface area contributed by atoms with E-state index in [1.54, 1.807) is 6.07 Å². The lowest BCUT2D eigenvalue weighted by Gasteiger charge is -2.30. The van der Waals surface area contributed by atoms with Crippen molar-refractivity contribution in [1.82, 2.24) is 5.32 Å². The first-order valence-electron chi connectivity index (χ1n) is 6.27. The van der Waals surface area contributed by atoms with Crippen molar-refractivity contribution in [2.45, 2.75) is 32.2 Å². The molecule has 0 unspecified atom stereocenters. The first kappa shape index (κ1) is 15.6. The number of aromatic hydroxyl groups is 1. The molecule has 0 saturated carbocycles. The highest BCUT2D eigenvalue weighted by molar-refractivity contribution is 6.19. The lowest BCUT2D eigenvalue weighted by molar-refractivity contribution is 0.0900. The van der Waals surface area contributed by atoms with Crippen molar-refractivity contribution in [3.05, 3.63) is 23.8 Å². The van der Waals surface area contributed by atoms with Crippen LogP contribution in [0.1, 0.15) is 37.0 Å². The maximum Gasteiger partial charge on any atom is 0.255 e. The van der Waals surface area contributed by atoms with E-state index in [0.717, 1.165) is 12.8 Å². The lowest BCUT2D eigenvalue weighted by Crippen LogP contribution is -2.49. The minimum absolute atomic E-state index is 0.104. The quantitative estimate of drug-likeness (QED) is 0.790. The van der Waals surface area contributed by atoms with Crippen LogP contribution in [0.2, 0.25) is 0 Å². The van der Waals surface area contributed by atoms with E-state index in [1.807, 2.05) is 13.8 Å². The highest BCUT2D eigenvalue weighted by Gasteiger charge is 2.28. The van der Waals surface area contributed by atoms with Crippen molar-refractivity contribution in [3.8, 4) is 11.5 Å². The number of hydrogen-bond donors (Lipinski definition) is 2. The largest absolute Gasteiger partial charge is 0.507 e. The molecule has 1 rings (SSSR count). The van der Waals surface area contributed by atoms with Crippen molar-refractivity contribution in [1.29, 1.82) is 0 Å². The summed E-state index contributed by atoms with van der Waals surface area (Å²) >= 11 is 5.95. The van der Waals surface area contributed by atoms with Crippen LogP contribution in [0, 0.1) is 0 Å². The Labute approximate surface area is 118 Å². The van der Waals surface area contributed by atoms with E-state index < -0.39 is 5.54 Å². The molecule has 1 aromatic rings. The number of carbonyl (C=O) groups excluding carboxylic acids is 1. The van der Waals surface area contributed by atoms with Crippen molar-refractivity contribution in [2.75, 3.05) is 13.0 Å². The third-order valence-electron chi connectivity index (χ3n) is 3.44. The van der Waals surface area contributed by atoms with Crippen LogP contribution >= 0.6 is 11.6 Å². The molecule has 0 bridgehead atoms. The van der Waals surface area contributed by atoms with E-state index in [9.17, 15) is 9.90 Å². The predicted octanol–water partition coefficient (Wildman–Crippen LogP) is 2.93. The van der Waals surface area contributed by atoms with Gasteiger partial charge >= 0.3 is 0 Å². The molecule has 0 aromatic heterocycles. The molecule has 0 aliphatic carbocycles. The zero-order valence-electron chi connectivity index (χ0n) is 11.5. The fourth-order valence-corrected chi connectivity index (χ4v) is 2.23. The Hall–Kier alpha value is -1.42. The van der Waals surface area contributed by atoms with Gasteiger partial charge in [0, 0.05) is 11.9 Å². The first-order chi connectivity index (χ1) is 9.01. The number of nitrogens with one attached hydrogen (secondary N) is 1. The maximum absolute atomic E-state index is 12.2. The van der Waals surface area contributed by atoms with Gasteiger partial charge < -0.3 is 15.2 Å². The Morgan fingerprint density at radius 1 is 1.42 bits per heavy atom. The van der Waals surface area contributed by atoms with Crippen molar-refractivity contribution in [2.24, 2.45) is 0 Å². The van der Waals surface area contributed by atoms with Gasteiger partial charge in [-0.2, -0.15) is 0 Å². The topological polar surface area (TPSA) is 58.6 Å². The lowest BCUT2D eigenvalue weighted by atomic mass is 9.94. The normalized spacial score (nSPS) is 11.2. The third-order valence-corrected chi connectivity index (χ3v) is 3.95. The van der Waals surface area contributed by atoms with Gasteiger partial charge in [-0.3, -0.25) is 4.79 Å².